The molecule has 198 valence electrons. The second-order valence-electron chi connectivity index (χ2n) is 10.7. The first-order valence-electron chi connectivity index (χ1n) is 13.9. The van der Waals surface area contributed by atoms with Gasteiger partial charge < -0.3 is 25.0 Å². The minimum atomic E-state index is -1.02. The molecule has 0 spiro atoms. The number of piperidine rings is 2. The summed E-state index contributed by atoms with van der Waals surface area (Å²) in [6.45, 7) is 5.66. The van der Waals surface area contributed by atoms with Crippen molar-refractivity contribution in [3.8, 4) is 11.1 Å². The molecule has 2 saturated heterocycles. The molecular weight excluding hydrogens is 466 g/mol. The van der Waals surface area contributed by atoms with E-state index < -0.39 is 18.1 Å². The van der Waals surface area contributed by atoms with E-state index in [2.05, 4.69) is 39.4 Å². The van der Waals surface area contributed by atoms with Crippen molar-refractivity contribution in [1.82, 2.24) is 15.1 Å². The van der Waals surface area contributed by atoms with E-state index in [9.17, 15) is 14.7 Å². The van der Waals surface area contributed by atoms with Gasteiger partial charge in [-0.05, 0) is 93.5 Å². The molecule has 7 nitrogen and oxygen atoms in total. The van der Waals surface area contributed by atoms with E-state index in [1.807, 2.05) is 24.3 Å². The molecule has 3 aliphatic rings. The summed E-state index contributed by atoms with van der Waals surface area (Å²) in [6.07, 6.45) is 6.86. The molecule has 2 fully saturated rings. The fourth-order valence-electron chi connectivity index (χ4n) is 6.35. The fraction of sp³-hybridized carbons (Fsp3) is 0.533. The number of carboxylic acid groups (broad SMARTS) is 1. The summed E-state index contributed by atoms with van der Waals surface area (Å²) in [4.78, 5) is 29.5. The number of rotatable bonds is 9. The summed E-state index contributed by atoms with van der Waals surface area (Å²) in [5.74, 6) is -1.06. The van der Waals surface area contributed by atoms with Crippen LogP contribution in [0.5, 0.6) is 0 Å². The molecule has 2 heterocycles. The first-order valence-corrected chi connectivity index (χ1v) is 13.9. The van der Waals surface area contributed by atoms with Gasteiger partial charge in [-0.2, -0.15) is 0 Å². The summed E-state index contributed by atoms with van der Waals surface area (Å²) in [6, 6.07) is 16.1. The van der Waals surface area contributed by atoms with Gasteiger partial charge in [0.1, 0.15) is 12.6 Å². The molecule has 1 atom stereocenters. The highest BCUT2D eigenvalue weighted by Crippen LogP contribution is 2.44. The van der Waals surface area contributed by atoms with E-state index in [0.717, 1.165) is 48.3 Å². The molecular formula is C30H39N3O4. The molecule has 1 aliphatic carbocycles. The van der Waals surface area contributed by atoms with E-state index in [1.54, 1.807) is 0 Å². The number of aliphatic carboxylic acids is 1. The first-order chi connectivity index (χ1) is 18.1. The third-order valence-corrected chi connectivity index (χ3v) is 8.37. The van der Waals surface area contributed by atoms with Gasteiger partial charge in [-0.1, -0.05) is 55.0 Å². The lowest BCUT2D eigenvalue weighted by molar-refractivity contribution is -0.139. The van der Waals surface area contributed by atoms with Gasteiger partial charge >= 0.3 is 12.1 Å². The Morgan fingerprint density at radius 1 is 0.919 bits per heavy atom. The third-order valence-electron chi connectivity index (χ3n) is 8.37. The number of carbonyl (C=O) groups excluding carboxylic acids is 1. The zero-order valence-corrected chi connectivity index (χ0v) is 21.6. The molecule has 2 aliphatic heterocycles. The van der Waals surface area contributed by atoms with Crippen molar-refractivity contribution in [2.45, 2.75) is 62.9 Å². The van der Waals surface area contributed by atoms with Gasteiger partial charge in [-0.25, -0.2) is 9.59 Å². The number of carbonyl (C=O) groups is 2. The van der Waals surface area contributed by atoms with E-state index in [1.165, 1.54) is 45.2 Å². The van der Waals surface area contributed by atoms with Crippen molar-refractivity contribution in [3.05, 3.63) is 59.7 Å². The lowest BCUT2D eigenvalue weighted by atomic mass is 9.98. The SMILES string of the molecule is O=C(NC(CCCN1CCC(N2CCCCC2)CC1)C(=O)O)OCC1c2ccccc2-c2ccccc21. The van der Waals surface area contributed by atoms with Crippen molar-refractivity contribution in [1.29, 1.82) is 0 Å². The Labute approximate surface area is 219 Å². The van der Waals surface area contributed by atoms with E-state index >= 15 is 0 Å². The van der Waals surface area contributed by atoms with E-state index in [-0.39, 0.29) is 12.5 Å². The van der Waals surface area contributed by atoms with Crippen LogP contribution < -0.4 is 5.32 Å². The molecule has 5 rings (SSSR count). The van der Waals surface area contributed by atoms with E-state index in [0.29, 0.717) is 12.5 Å². The Morgan fingerprint density at radius 2 is 1.54 bits per heavy atom. The quantitative estimate of drug-likeness (QED) is 0.514. The summed E-state index contributed by atoms with van der Waals surface area (Å²) >= 11 is 0. The van der Waals surface area contributed by atoms with Gasteiger partial charge in [-0.15, -0.1) is 0 Å². The molecule has 0 bridgehead atoms. The number of ether oxygens (including phenoxy) is 1. The minimum Gasteiger partial charge on any atom is -0.480 e. The number of hydrogen-bond acceptors (Lipinski definition) is 5. The molecule has 2 aromatic carbocycles. The summed E-state index contributed by atoms with van der Waals surface area (Å²) in [7, 11) is 0. The van der Waals surface area contributed by atoms with Crippen molar-refractivity contribution < 1.29 is 19.4 Å². The highest BCUT2D eigenvalue weighted by molar-refractivity contribution is 5.81. The fourth-order valence-corrected chi connectivity index (χ4v) is 6.35. The van der Waals surface area contributed by atoms with Gasteiger partial charge in [0, 0.05) is 12.0 Å². The van der Waals surface area contributed by atoms with Crippen LogP contribution in [0.4, 0.5) is 4.79 Å². The van der Waals surface area contributed by atoms with Gasteiger partial charge in [-0.3, -0.25) is 0 Å². The number of likely N-dealkylation sites (tertiary alicyclic amines) is 2. The van der Waals surface area contributed by atoms with Crippen LogP contribution in [-0.4, -0.2) is 78.4 Å². The van der Waals surface area contributed by atoms with E-state index in [4.69, 9.17) is 4.74 Å². The average molecular weight is 506 g/mol. The Balaban J connectivity index is 1.06. The summed E-state index contributed by atoms with van der Waals surface area (Å²) in [5, 5.41) is 12.3. The standard InChI is InChI=1S/C30H39N3O4/c34-29(35)28(13-8-16-32-19-14-22(15-20-32)33-17-6-1-7-18-33)31-30(36)37-21-27-25-11-4-2-9-23(25)24-10-3-5-12-26(24)27/h2-5,9-12,22,27-28H,1,6-8,13-21H2,(H,31,36)(H,34,35). The topological polar surface area (TPSA) is 82.1 Å². The monoisotopic (exact) mass is 505 g/mol. The Bertz CT molecular complexity index is 1030. The lowest BCUT2D eigenvalue weighted by Crippen LogP contribution is -2.47. The molecule has 37 heavy (non-hydrogen) atoms. The average Bonchev–Trinajstić information content (AvgIpc) is 3.26. The van der Waals surface area contributed by atoms with Crippen molar-refractivity contribution >= 4 is 12.1 Å². The molecule has 1 amide bonds. The van der Waals surface area contributed by atoms with Crippen LogP contribution in [0.3, 0.4) is 0 Å². The Morgan fingerprint density at radius 3 is 2.16 bits per heavy atom. The highest BCUT2D eigenvalue weighted by atomic mass is 16.5. The van der Waals surface area contributed by atoms with Crippen LogP contribution in [-0.2, 0) is 9.53 Å². The van der Waals surface area contributed by atoms with Crippen LogP contribution in [0.1, 0.15) is 62.0 Å². The molecule has 0 saturated carbocycles. The Kier molecular flexibility index (Phi) is 8.41. The number of alkyl carbamates (subject to hydrolysis) is 1. The number of benzene rings is 2. The number of carboxylic acids is 1. The normalized spacial score (nSPS) is 19.7. The Hall–Kier alpha value is -2.90. The van der Waals surface area contributed by atoms with Gasteiger partial charge in [0.15, 0.2) is 0 Å². The molecule has 1 unspecified atom stereocenters. The van der Waals surface area contributed by atoms with Crippen molar-refractivity contribution in [3.63, 3.8) is 0 Å². The molecule has 0 aromatic heterocycles. The van der Waals surface area contributed by atoms with Crippen LogP contribution in [0.2, 0.25) is 0 Å². The second kappa shape index (κ2) is 12.1. The molecule has 2 aromatic rings. The van der Waals surface area contributed by atoms with Gasteiger partial charge in [0.2, 0.25) is 0 Å². The smallest absolute Gasteiger partial charge is 0.407 e. The van der Waals surface area contributed by atoms with Crippen molar-refractivity contribution in [2.75, 3.05) is 39.3 Å². The predicted molar refractivity (Wildman–Crippen MR) is 144 cm³/mol. The highest BCUT2D eigenvalue weighted by Gasteiger charge is 2.30. The number of fused-ring (bicyclic) bond motifs is 3. The van der Waals surface area contributed by atoms with Crippen LogP contribution in [0.15, 0.2) is 48.5 Å². The summed E-state index contributed by atoms with van der Waals surface area (Å²) in [5.41, 5.74) is 4.59. The zero-order chi connectivity index (χ0) is 25.6. The van der Waals surface area contributed by atoms with Gasteiger partial charge in [0.25, 0.3) is 0 Å². The molecule has 2 N–H and O–H groups in total. The molecule has 0 radical (unpaired) electrons. The largest absolute Gasteiger partial charge is 0.480 e. The van der Waals surface area contributed by atoms with Crippen LogP contribution >= 0.6 is 0 Å². The third kappa shape index (κ3) is 6.16. The number of nitrogens with zero attached hydrogens (tertiary/aromatic N) is 2. The maximum Gasteiger partial charge on any atom is 0.407 e. The van der Waals surface area contributed by atoms with Gasteiger partial charge in [0.05, 0.1) is 0 Å². The number of amides is 1. The second-order valence-corrected chi connectivity index (χ2v) is 10.7. The predicted octanol–water partition coefficient (Wildman–Crippen LogP) is 4.71. The molecule has 7 heteroatoms. The number of hydrogen-bond donors (Lipinski definition) is 2. The maximum atomic E-state index is 12.6. The van der Waals surface area contributed by atoms with Crippen LogP contribution in [0.25, 0.3) is 11.1 Å². The maximum absolute atomic E-state index is 12.6. The first kappa shape index (κ1) is 25.7. The minimum absolute atomic E-state index is 0.0470. The lowest BCUT2D eigenvalue weighted by Gasteiger charge is -2.40. The summed E-state index contributed by atoms with van der Waals surface area (Å²) < 4.78 is 5.56. The van der Waals surface area contributed by atoms with Crippen molar-refractivity contribution in [2.24, 2.45) is 0 Å². The van der Waals surface area contributed by atoms with Crippen LogP contribution in [0, 0.1) is 0 Å². The number of nitrogens with one attached hydrogen (secondary N) is 1. The zero-order valence-electron chi connectivity index (χ0n) is 21.6.